The number of fused-ring (bicyclic) bond motifs is 1. The number of unbranched alkanes of at least 4 members (excludes halogenated alkanes) is 1. The van der Waals surface area contributed by atoms with Gasteiger partial charge in [-0.3, -0.25) is 14.5 Å². The van der Waals surface area contributed by atoms with Crippen LogP contribution in [0.15, 0.2) is 48.5 Å². The highest BCUT2D eigenvalue weighted by Gasteiger charge is 2.17. The van der Waals surface area contributed by atoms with E-state index in [1.54, 1.807) is 18.2 Å². The Labute approximate surface area is 188 Å². The molecule has 0 bridgehead atoms. The Morgan fingerprint density at radius 2 is 1.66 bits per heavy atom. The molecule has 8 heteroatoms. The molecule has 1 saturated heterocycles. The van der Waals surface area contributed by atoms with Crippen molar-refractivity contribution in [2.24, 2.45) is 0 Å². The summed E-state index contributed by atoms with van der Waals surface area (Å²) < 4.78 is 10.5. The predicted molar refractivity (Wildman–Crippen MR) is 122 cm³/mol. The molecular formula is C24H30N4O4. The SMILES string of the molecule is O=C(CNC(=O)c1ccc2c(c1)OCO2)NCCCCN1CCN(c2ccccc2)CC1. The van der Waals surface area contributed by atoms with Crippen LogP contribution >= 0.6 is 0 Å². The quantitative estimate of drug-likeness (QED) is 0.582. The fourth-order valence-electron chi connectivity index (χ4n) is 3.92. The lowest BCUT2D eigenvalue weighted by Gasteiger charge is -2.36. The minimum Gasteiger partial charge on any atom is -0.454 e. The van der Waals surface area contributed by atoms with Gasteiger partial charge in [-0.1, -0.05) is 18.2 Å². The number of piperazine rings is 1. The molecule has 2 aliphatic heterocycles. The van der Waals surface area contributed by atoms with Crippen LogP contribution in [-0.4, -0.2) is 69.3 Å². The van der Waals surface area contributed by atoms with Gasteiger partial charge in [0.2, 0.25) is 12.7 Å². The number of hydrogen-bond donors (Lipinski definition) is 2. The van der Waals surface area contributed by atoms with Gasteiger partial charge in [0.25, 0.3) is 5.91 Å². The van der Waals surface area contributed by atoms with Gasteiger partial charge in [0.1, 0.15) is 0 Å². The van der Waals surface area contributed by atoms with E-state index in [1.165, 1.54) is 5.69 Å². The first-order valence-electron chi connectivity index (χ1n) is 11.2. The van der Waals surface area contributed by atoms with E-state index in [0.717, 1.165) is 45.6 Å². The third-order valence-corrected chi connectivity index (χ3v) is 5.76. The third kappa shape index (κ3) is 5.91. The summed E-state index contributed by atoms with van der Waals surface area (Å²) >= 11 is 0. The van der Waals surface area contributed by atoms with Crippen molar-refractivity contribution in [3.05, 3.63) is 54.1 Å². The number of rotatable bonds is 9. The van der Waals surface area contributed by atoms with Crippen LogP contribution in [0.25, 0.3) is 0 Å². The van der Waals surface area contributed by atoms with Gasteiger partial charge in [-0.25, -0.2) is 0 Å². The number of carbonyl (C=O) groups is 2. The van der Waals surface area contributed by atoms with Crippen LogP contribution < -0.4 is 25.0 Å². The zero-order chi connectivity index (χ0) is 22.2. The van der Waals surface area contributed by atoms with E-state index in [1.807, 2.05) is 6.07 Å². The zero-order valence-electron chi connectivity index (χ0n) is 18.2. The number of carbonyl (C=O) groups excluding carboxylic acids is 2. The minimum absolute atomic E-state index is 0.0469. The molecule has 4 rings (SSSR count). The molecule has 0 unspecified atom stereocenters. The number of anilines is 1. The second-order valence-corrected chi connectivity index (χ2v) is 7.97. The Hall–Kier alpha value is -3.26. The van der Waals surface area contributed by atoms with Gasteiger partial charge in [0.05, 0.1) is 6.54 Å². The first-order chi connectivity index (χ1) is 15.7. The number of nitrogens with one attached hydrogen (secondary N) is 2. The summed E-state index contributed by atoms with van der Waals surface area (Å²) in [6.07, 6.45) is 1.95. The summed E-state index contributed by atoms with van der Waals surface area (Å²) in [5, 5.41) is 5.51. The second-order valence-electron chi connectivity index (χ2n) is 7.97. The fourth-order valence-corrected chi connectivity index (χ4v) is 3.92. The van der Waals surface area contributed by atoms with Crippen LogP contribution in [-0.2, 0) is 4.79 Å². The molecule has 0 saturated carbocycles. The highest BCUT2D eigenvalue weighted by atomic mass is 16.7. The molecule has 32 heavy (non-hydrogen) atoms. The average Bonchev–Trinajstić information content (AvgIpc) is 3.31. The maximum absolute atomic E-state index is 12.2. The first kappa shape index (κ1) is 22.0. The molecule has 2 amide bonds. The Balaban J connectivity index is 1.06. The van der Waals surface area contributed by atoms with E-state index < -0.39 is 0 Å². The van der Waals surface area contributed by atoms with Crippen molar-refractivity contribution in [3.63, 3.8) is 0 Å². The molecule has 2 aromatic carbocycles. The van der Waals surface area contributed by atoms with Gasteiger partial charge in [-0.15, -0.1) is 0 Å². The normalized spacial score (nSPS) is 15.4. The number of nitrogens with zero attached hydrogens (tertiary/aromatic N) is 2. The van der Waals surface area contributed by atoms with E-state index in [9.17, 15) is 9.59 Å². The summed E-state index contributed by atoms with van der Waals surface area (Å²) in [6, 6.07) is 15.5. The third-order valence-electron chi connectivity index (χ3n) is 5.76. The van der Waals surface area contributed by atoms with E-state index in [0.29, 0.717) is 23.6 Å². The number of ether oxygens (including phenoxy) is 2. The van der Waals surface area contributed by atoms with Crippen molar-refractivity contribution in [1.82, 2.24) is 15.5 Å². The predicted octanol–water partition coefficient (Wildman–Crippen LogP) is 1.86. The smallest absolute Gasteiger partial charge is 0.251 e. The standard InChI is InChI=1S/C24H30N4O4/c29-23(17-26-24(30)19-8-9-21-22(16-19)32-18-31-21)25-10-4-5-11-27-12-14-28(15-13-27)20-6-2-1-3-7-20/h1-3,6-9,16H,4-5,10-15,17-18H2,(H,25,29)(H,26,30). The van der Waals surface area contributed by atoms with Crippen molar-refractivity contribution in [1.29, 1.82) is 0 Å². The molecule has 2 aromatic rings. The van der Waals surface area contributed by atoms with E-state index >= 15 is 0 Å². The maximum Gasteiger partial charge on any atom is 0.251 e. The number of para-hydroxylation sites is 1. The molecule has 0 atom stereocenters. The van der Waals surface area contributed by atoms with Crippen LogP contribution in [0.4, 0.5) is 5.69 Å². The van der Waals surface area contributed by atoms with E-state index in [2.05, 4.69) is 44.7 Å². The number of benzene rings is 2. The summed E-state index contributed by atoms with van der Waals surface area (Å²) in [6.45, 7) is 5.98. The average molecular weight is 439 g/mol. The molecule has 0 aliphatic carbocycles. The molecule has 2 heterocycles. The van der Waals surface area contributed by atoms with Crippen molar-refractivity contribution in [3.8, 4) is 11.5 Å². The van der Waals surface area contributed by atoms with Crippen molar-refractivity contribution in [2.75, 3.05) is 57.5 Å². The molecular weight excluding hydrogens is 408 g/mol. The van der Waals surface area contributed by atoms with Gasteiger partial charge in [-0.05, 0) is 49.7 Å². The summed E-state index contributed by atoms with van der Waals surface area (Å²) in [5.41, 5.74) is 1.73. The molecule has 0 aromatic heterocycles. The highest BCUT2D eigenvalue weighted by Crippen LogP contribution is 2.32. The van der Waals surface area contributed by atoms with Crippen LogP contribution in [0.3, 0.4) is 0 Å². The fraction of sp³-hybridized carbons (Fsp3) is 0.417. The molecule has 8 nitrogen and oxygen atoms in total. The largest absolute Gasteiger partial charge is 0.454 e. The topological polar surface area (TPSA) is 83.1 Å². The number of amides is 2. The number of hydrogen-bond acceptors (Lipinski definition) is 6. The highest BCUT2D eigenvalue weighted by molar-refractivity contribution is 5.97. The van der Waals surface area contributed by atoms with Gasteiger partial charge in [-0.2, -0.15) is 0 Å². The lowest BCUT2D eigenvalue weighted by molar-refractivity contribution is -0.120. The van der Waals surface area contributed by atoms with E-state index in [-0.39, 0.29) is 25.2 Å². The van der Waals surface area contributed by atoms with Crippen LogP contribution in [0.1, 0.15) is 23.2 Å². The Kier molecular flexibility index (Phi) is 7.45. The lowest BCUT2D eigenvalue weighted by Crippen LogP contribution is -2.46. The van der Waals surface area contributed by atoms with Crippen molar-refractivity contribution in [2.45, 2.75) is 12.8 Å². The van der Waals surface area contributed by atoms with Crippen molar-refractivity contribution < 1.29 is 19.1 Å². The van der Waals surface area contributed by atoms with Gasteiger partial charge >= 0.3 is 0 Å². The molecule has 1 fully saturated rings. The Bertz CT molecular complexity index is 913. The Morgan fingerprint density at radius 3 is 2.47 bits per heavy atom. The molecule has 0 spiro atoms. The summed E-state index contributed by atoms with van der Waals surface area (Å²) in [4.78, 5) is 29.1. The first-order valence-corrected chi connectivity index (χ1v) is 11.2. The molecule has 170 valence electrons. The van der Waals surface area contributed by atoms with Crippen LogP contribution in [0.2, 0.25) is 0 Å². The van der Waals surface area contributed by atoms with Crippen LogP contribution in [0.5, 0.6) is 11.5 Å². The maximum atomic E-state index is 12.2. The second kappa shape index (κ2) is 10.9. The van der Waals surface area contributed by atoms with Gasteiger partial charge in [0, 0.05) is 44.0 Å². The summed E-state index contributed by atoms with van der Waals surface area (Å²) in [5.74, 6) is 0.671. The summed E-state index contributed by atoms with van der Waals surface area (Å²) in [7, 11) is 0. The van der Waals surface area contributed by atoms with E-state index in [4.69, 9.17) is 9.47 Å². The van der Waals surface area contributed by atoms with Gasteiger partial charge in [0.15, 0.2) is 11.5 Å². The molecule has 2 aliphatic rings. The van der Waals surface area contributed by atoms with Crippen molar-refractivity contribution >= 4 is 17.5 Å². The lowest BCUT2D eigenvalue weighted by atomic mass is 10.2. The van der Waals surface area contributed by atoms with Crippen LogP contribution in [0, 0.1) is 0 Å². The minimum atomic E-state index is -0.312. The molecule has 0 radical (unpaired) electrons. The van der Waals surface area contributed by atoms with Gasteiger partial charge < -0.3 is 25.0 Å². The Morgan fingerprint density at radius 1 is 0.875 bits per heavy atom. The monoisotopic (exact) mass is 438 g/mol. The zero-order valence-corrected chi connectivity index (χ0v) is 18.2. The molecule has 2 N–H and O–H groups in total.